The van der Waals surface area contributed by atoms with Crippen molar-refractivity contribution in [2.75, 3.05) is 18.4 Å². The van der Waals surface area contributed by atoms with Gasteiger partial charge in [-0.25, -0.2) is 9.97 Å². The van der Waals surface area contributed by atoms with Crippen LogP contribution in [0.5, 0.6) is 11.8 Å². The highest BCUT2D eigenvalue weighted by atomic mass is 16.5. The SMILES string of the molecule is Cc1cc(Oc2ncccn2)ccc1NC(=O)C(C)C1CNC1. The number of carbonyl (C=O) groups is 1. The molecule has 0 spiro atoms. The fourth-order valence-corrected chi connectivity index (χ4v) is 2.41. The summed E-state index contributed by atoms with van der Waals surface area (Å²) in [6, 6.07) is 7.54. The summed E-state index contributed by atoms with van der Waals surface area (Å²) in [5.41, 5.74) is 1.74. The number of aryl methyl sites for hydroxylation is 1. The highest BCUT2D eigenvalue weighted by Crippen LogP contribution is 2.25. The van der Waals surface area contributed by atoms with Crippen LogP contribution in [-0.4, -0.2) is 29.0 Å². The van der Waals surface area contributed by atoms with Gasteiger partial charge in [-0.1, -0.05) is 6.92 Å². The number of nitrogens with zero attached hydrogens (tertiary/aromatic N) is 2. The standard InChI is InChI=1S/C17H20N4O2/c1-11-8-14(23-17-19-6-3-7-20-17)4-5-15(11)21-16(22)12(2)13-9-18-10-13/h3-8,12-13,18H,9-10H2,1-2H3,(H,21,22). The summed E-state index contributed by atoms with van der Waals surface area (Å²) in [7, 11) is 0. The normalized spacial score (nSPS) is 15.6. The molecule has 1 aromatic carbocycles. The molecule has 2 aromatic rings. The average Bonchev–Trinajstić information content (AvgIpc) is 2.49. The highest BCUT2D eigenvalue weighted by molar-refractivity contribution is 5.93. The molecule has 6 heteroatoms. The molecule has 0 saturated carbocycles. The van der Waals surface area contributed by atoms with Crippen molar-refractivity contribution in [3.8, 4) is 11.8 Å². The van der Waals surface area contributed by atoms with Gasteiger partial charge in [-0.05, 0) is 55.8 Å². The van der Waals surface area contributed by atoms with Gasteiger partial charge in [-0.15, -0.1) is 0 Å². The summed E-state index contributed by atoms with van der Waals surface area (Å²) in [5, 5.41) is 6.19. The summed E-state index contributed by atoms with van der Waals surface area (Å²) in [5.74, 6) is 1.13. The number of hydrogen-bond donors (Lipinski definition) is 2. The van der Waals surface area contributed by atoms with Gasteiger partial charge in [0.15, 0.2) is 0 Å². The summed E-state index contributed by atoms with van der Waals surface area (Å²) >= 11 is 0. The van der Waals surface area contributed by atoms with Gasteiger partial charge in [0, 0.05) is 24.0 Å². The van der Waals surface area contributed by atoms with Crippen LogP contribution in [0, 0.1) is 18.8 Å². The van der Waals surface area contributed by atoms with Gasteiger partial charge >= 0.3 is 6.01 Å². The molecule has 1 saturated heterocycles. The number of benzene rings is 1. The first-order valence-electron chi connectivity index (χ1n) is 7.70. The largest absolute Gasteiger partial charge is 0.424 e. The quantitative estimate of drug-likeness (QED) is 0.886. The fourth-order valence-electron chi connectivity index (χ4n) is 2.41. The minimum absolute atomic E-state index is 0.00398. The Morgan fingerprint density at radius 1 is 1.35 bits per heavy atom. The van der Waals surface area contributed by atoms with Crippen molar-refractivity contribution < 1.29 is 9.53 Å². The van der Waals surface area contributed by atoms with Crippen molar-refractivity contribution >= 4 is 11.6 Å². The number of hydrogen-bond acceptors (Lipinski definition) is 5. The molecule has 2 heterocycles. The zero-order valence-corrected chi connectivity index (χ0v) is 13.2. The Balaban J connectivity index is 1.66. The van der Waals surface area contributed by atoms with E-state index in [1.807, 2.05) is 26.0 Å². The Hall–Kier alpha value is -2.47. The molecular formula is C17H20N4O2. The molecule has 3 rings (SSSR count). The Morgan fingerprint density at radius 3 is 2.70 bits per heavy atom. The molecule has 0 bridgehead atoms. The van der Waals surface area contributed by atoms with Gasteiger partial charge < -0.3 is 15.4 Å². The van der Waals surface area contributed by atoms with Gasteiger partial charge in [0.25, 0.3) is 0 Å². The number of nitrogens with one attached hydrogen (secondary N) is 2. The lowest BCUT2D eigenvalue weighted by Crippen LogP contribution is -2.48. The van der Waals surface area contributed by atoms with Crippen LogP contribution < -0.4 is 15.4 Å². The zero-order valence-electron chi connectivity index (χ0n) is 13.2. The van der Waals surface area contributed by atoms with Crippen molar-refractivity contribution in [1.29, 1.82) is 0 Å². The van der Waals surface area contributed by atoms with E-state index in [9.17, 15) is 4.79 Å². The van der Waals surface area contributed by atoms with E-state index >= 15 is 0 Å². The van der Waals surface area contributed by atoms with Crippen LogP contribution >= 0.6 is 0 Å². The van der Waals surface area contributed by atoms with Crippen molar-refractivity contribution in [3.05, 3.63) is 42.2 Å². The minimum Gasteiger partial charge on any atom is -0.424 e. The van der Waals surface area contributed by atoms with Gasteiger partial charge in [0.1, 0.15) is 5.75 Å². The van der Waals surface area contributed by atoms with E-state index in [1.165, 1.54) is 0 Å². The molecule has 120 valence electrons. The molecule has 1 unspecified atom stereocenters. The molecule has 1 aromatic heterocycles. The zero-order chi connectivity index (χ0) is 16.2. The van der Waals surface area contributed by atoms with Crippen LogP contribution in [0.1, 0.15) is 12.5 Å². The maximum Gasteiger partial charge on any atom is 0.321 e. The molecule has 1 atom stereocenters. The second kappa shape index (κ2) is 6.75. The molecule has 2 N–H and O–H groups in total. The van der Waals surface area contributed by atoms with Crippen LogP contribution in [0.4, 0.5) is 5.69 Å². The van der Waals surface area contributed by atoms with Crippen LogP contribution in [-0.2, 0) is 4.79 Å². The first-order chi connectivity index (χ1) is 11.1. The predicted octanol–water partition coefficient (Wildman–Crippen LogP) is 2.37. The van der Waals surface area contributed by atoms with Crippen LogP contribution in [0.15, 0.2) is 36.7 Å². The van der Waals surface area contributed by atoms with Crippen LogP contribution in [0.25, 0.3) is 0 Å². The molecule has 1 aliphatic heterocycles. The van der Waals surface area contributed by atoms with E-state index in [0.29, 0.717) is 17.7 Å². The summed E-state index contributed by atoms with van der Waals surface area (Å²) in [6.07, 6.45) is 3.25. The first kappa shape index (κ1) is 15.4. The minimum atomic E-state index is 0.00398. The van der Waals surface area contributed by atoms with E-state index in [1.54, 1.807) is 24.5 Å². The molecule has 1 aliphatic rings. The lowest BCUT2D eigenvalue weighted by Gasteiger charge is -2.31. The summed E-state index contributed by atoms with van der Waals surface area (Å²) in [4.78, 5) is 20.3. The average molecular weight is 312 g/mol. The number of ether oxygens (including phenoxy) is 1. The van der Waals surface area contributed by atoms with Crippen LogP contribution in [0.2, 0.25) is 0 Å². The predicted molar refractivity (Wildman–Crippen MR) is 87.4 cm³/mol. The topological polar surface area (TPSA) is 76.1 Å². The highest BCUT2D eigenvalue weighted by Gasteiger charge is 2.28. The second-order valence-electron chi connectivity index (χ2n) is 5.81. The lowest BCUT2D eigenvalue weighted by atomic mass is 9.88. The van der Waals surface area contributed by atoms with Gasteiger partial charge in [-0.2, -0.15) is 0 Å². The first-order valence-corrected chi connectivity index (χ1v) is 7.70. The molecular weight excluding hydrogens is 292 g/mol. The summed E-state index contributed by atoms with van der Waals surface area (Å²) in [6.45, 7) is 5.74. The monoisotopic (exact) mass is 312 g/mol. The third kappa shape index (κ3) is 3.65. The summed E-state index contributed by atoms with van der Waals surface area (Å²) < 4.78 is 5.59. The van der Waals surface area contributed by atoms with Crippen LogP contribution in [0.3, 0.4) is 0 Å². The van der Waals surface area contributed by atoms with Crippen molar-refractivity contribution in [2.45, 2.75) is 13.8 Å². The Kier molecular flexibility index (Phi) is 4.52. The van der Waals surface area contributed by atoms with Gasteiger partial charge in [0.2, 0.25) is 5.91 Å². The van der Waals surface area contributed by atoms with E-state index < -0.39 is 0 Å². The van der Waals surface area contributed by atoms with E-state index in [-0.39, 0.29) is 11.8 Å². The molecule has 0 aliphatic carbocycles. The second-order valence-corrected chi connectivity index (χ2v) is 5.81. The number of amides is 1. The van der Waals surface area contributed by atoms with E-state index in [2.05, 4.69) is 20.6 Å². The maximum absolute atomic E-state index is 12.3. The Bertz CT molecular complexity index is 686. The third-order valence-corrected chi connectivity index (χ3v) is 4.14. The third-order valence-electron chi connectivity index (χ3n) is 4.14. The molecule has 1 fully saturated rings. The molecule has 1 amide bonds. The number of rotatable bonds is 5. The number of anilines is 1. The van der Waals surface area contributed by atoms with Crippen molar-refractivity contribution in [2.24, 2.45) is 11.8 Å². The van der Waals surface area contributed by atoms with E-state index in [0.717, 1.165) is 24.3 Å². The maximum atomic E-state index is 12.3. The van der Waals surface area contributed by atoms with Crippen molar-refractivity contribution in [3.63, 3.8) is 0 Å². The molecule has 0 radical (unpaired) electrons. The lowest BCUT2D eigenvalue weighted by molar-refractivity contribution is -0.121. The van der Waals surface area contributed by atoms with E-state index in [4.69, 9.17) is 4.74 Å². The number of carbonyl (C=O) groups excluding carboxylic acids is 1. The molecule has 23 heavy (non-hydrogen) atoms. The fraction of sp³-hybridized carbons (Fsp3) is 0.353. The molecule has 6 nitrogen and oxygen atoms in total. The Morgan fingerprint density at radius 2 is 2.09 bits per heavy atom. The van der Waals surface area contributed by atoms with Gasteiger partial charge in [-0.3, -0.25) is 4.79 Å². The Labute approximate surface area is 135 Å². The number of aromatic nitrogens is 2. The van der Waals surface area contributed by atoms with Gasteiger partial charge in [0.05, 0.1) is 0 Å². The smallest absolute Gasteiger partial charge is 0.321 e. The van der Waals surface area contributed by atoms with Crippen molar-refractivity contribution in [1.82, 2.24) is 15.3 Å².